The number of benzene rings is 3. The molecule has 1 saturated carbocycles. The second kappa shape index (κ2) is 22.8. The van der Waals surface area contributed by atoms with Crippen molar-refractivity contribution < 1.29 is 33.8 Å². The van der Waals surface area contributed by atoms with Gasteiger partial charge in [-0.3, -0.25) is 14.4 Å². The van der Waals surface area contributed by atoms with Crippen molar-refractivity contribution in [2.24, 2.45) is 5.41 Å². The topological polar surface area (TPSA) is 173 Å². The van der Waals surface area contributed by atoms with E-state index in [2.05, 4.69) is 31.7 Å². The maximum Gasteiger partial charge on any atom is 0.338 e. The lowest BCUT2D eigenvalue weighted by Crippen LogP contribution is -2.57. The van der Waals surface area contributed by atoms with Gasteiger partial charge in [0.2, 0.25) is 17.7 Å². The number of β-amino-alcohol motifs (C(OH)–C–C–N with tert-alkyl or cyclic N) is 1. The predicted octanol–water partition coefficient (Wildman–Crippen LogP) is 10.3. The first kappa shape index (κ1) is 51.1. The molecular formula is C55H70N6O7S. The second-order valence-corrected chi connectivity index (χ2v) is 21.7. The van der Waals surface area contributed by atoms with E-state index in [1.165, 1.54) is 4.90 Å². The summed E-state index contributed by atoms with van der Waals surface area (Å²) in [6, 6.07) is 18.1. The van der Waals surface area contributed by atoms with Crippen molar-refractivity contribution >= 4 is 45.9 Å². The molecule has 2 fully saturated rings. The summed E-state index contributed by atoms with van der Waals surface area (Å²) in [7, 11) is 0. The fourth-order valence-electron chi connectivity index (χ4n) is 9.46. The number of hydrogen-bond donors (Lipinski definition) is 3. The van der Waals surface area contributed by atoms with Crippen LogP contribution in [0.15, 0.2) is 72.5 Å². The van der Waals surface area contributed by atoms with Crippen molar-refractivity contribution in [2.75, 3.05) is 13.2 Å². The molecule has 3 N–H and O–H groups in total. The quantitative estimate of drug-likeness (QED) is 0.0534. The van der Waals surface area contributed by atoms with Gasteiger partial charge in [-0.1, -0.05) is 89.6 Å². The molecule has 2 aliphatic rings. The number of rotatable bonds is 19. The van der Waals surface area contributed by atoms with E-state index >= 15 is 0 Å². The van der Waals surface area contributed by atoms with Gasteiger partial charge in [-0.2, -0.15) is 0 Å². The van der Waals surface area contributed by atoms with E-state index in [4.69, 9.17) is 9.47 Å². The number of aliphatic hydroxyl groups is 1. The number of nitrogens with one attached hydrogen (secondary N) is 2. The molecule has 13 nitrogen and oxygen atoms in total. The molecular weight excluding hydrogens is 889 g/mol. The molecule has 3 heterocycles. The maximum absolute atomic E-state index is 14.0. The zero-order valence-electron chi connectivity index (χ0n) is 41.4. The van der Waals surface area contributed by atoms with Gasteiger partial charge >= 0.3 is 5.97 Å². The minimum atomic E-state index is -0.857. The minimum Gasteiger partial charge on any atom is -0.494 e. The van der Waals surface area contributed by atoms with Gasteiger partial charge < -0.3 is 30.1 Å². The number of aromatic nitrogens is 3. The van der Waals surface area contributed by atoms with E-state index in [1.54, 1.807) is 17.7 Å². The first-order valence-electron chi connectivity index (χ1n) is 24.8. The van der Waals surface area contributed by atoms with Crippen LogP contribution in [0.2, 0.25) is 0 Å². The summed E-state index contributed by atoms with van der Waals surface area (Å²) in [5.74, 6) is -0.125. The number of carbonyl (C=O) groups excluding carboxylic acids is 4. The van der Waals surface area contributed by atoms with Gasteiger partial charge in [0, 0.05) is 42.9 Å². The summed E-state index contributed by atoms with van der Waals surface area (Å²) in [5, 5.41) is 17.5. The maximum atomic E-state index is 14.0. The van der Waals surface area contributed by atoms with Crippen LogP contribution in [0.4, 0.5) is 0 Å². The Balaban J connectivity index is 0.829. The average molecular weight is 959 g/mol. The average Bonchev–Trinajstić information content (AvgIpc) is 4.10. The van der Waals surface area contributed by atoms with E-state index in [0.29, 0.717) is 30.9 Å². The normalized spacial score (nSPS) is 17.0. The van der Waals surface area contributed by atoms with Crippen LogP contribution in [0, 0.1) is 12.3 Å². The van der Waals surface area contributed by atoms with Crippen LogP contribution < -0.4 is 15.4 Å². The molecule has 5 aromatic rings. The third kappa shape index (κ3) is 13.5. The van der Waals surface area contributed by atoms with E-state index in [9.17, 15) is 24.3 Å². The number of carbonyl (C=O) groups is 4. The summed E-state index contributed by atoms with van der Waals surface area (Å²) < 4.78 is 11.9. The highest BCUT2D eigenvalue weighted by molar-refractivity contribution is 7.13. The third-order valence-corrected chi connectivity index (χ3v) is 14.1. The lowest BCUT2D eigenvalue weighted by molar-refractivity contribution is -0.144. The molecule has 0 radical (unpaired) electrons. The Morgan fingerprint density at radius 1 is 0.855 bits per heavy atom. The van der Waals surface area contributed by atoms with Crippen LogP contribution in [-0.2, 0) is 25.7 Å². The highest BCUT2D eigenvalue weighted by Gasteiger charge is 2.44. The van der Waals surface area contributed by atoms with Crippen LogP contribution in [0.3, 0.4) is 0 Å². The Hall–Kier alpha value is -5.73. The number of ether oxygens (including phenoxy) is 2. The summed E-state index contributed by atoms with van der Waals surface area (Å²) in [5.41, 5.74) is 7.80. The Morgan fingerprint density at radius 3 is 2.26 bits per heavy atom. The summed E-state index contributed by atoms with van der Waals surface area (Å²) >= 11 is 1.58. The lowest BCUT2D eigenvalue weighted by atomic mass is 9.85. The van der Waals surface area contributed by atoms with Gasteiger partial charge in [0.1, 0.15) is 29.8 Å². The number of aliphatic hydroxyl groups excluding tert-OH is 1. The fourth-order valence-corrected chi connectivity index (χ4v) is 10.3. The first-order valence-corrected chi connectivity index (χ1v) is 25.6. The number of unbranched alkanes of at least 4 members (excludes halogenated alkanes) is 5. The number of thiazole rings is 1. The van der Waals surface area contributed by atoms with Crippen LogP contribution in [-0.4, -0.2) is 85.6 Å². The smallest absolute Gasteiger partial charge is 0.338 e. The minimum absolute atomic E-state index is 0.0303. The van der Waals surface area contributed by atoms with Crippen molar-refractivity contribution in [1.29, 1.82) is 0 Å². The lowest BCUT2D eigenvalue weighted by Gasteiger charge is -2.35. The highest BCUT2D eigenvalue weighted by atomic mass is 32.1. The first-order chi connectivity index (χ1) is 32.9. The van der Waals surface area contributed by atoms with Crippen molar-refractivity contribution in [1.82, 2.24) is 30.5 Å². The van der Waals surface area contributed by atoms with Gasteiger partial charge in [-0.25, -0.2) is 19.7 Å². The molecule has 7 rings (SSSR count). The molecule has 368 valence electrons. The molecule has 0 spiro atoms. The van der Waals surface area contributed by atoms with Gasteiger partial charge in [0.25, 0.3) is 0 Å². The van der Waals surface area contributed by atoms with Crippen molar-refractivity contribution in [3.05, 3.63) is 94.9 Å². The number of aryl methyl sites for hydroxylation is 1. The molecule has 3 amide bonds. The van der Waals surface area contributed by atoms with Crippen LogP contribution >= 0.6 is 11.3 Å². The Labute approximate surface area is 411 Å². The molecule has 0 unspecified atom stereocenters. The molecule has 3 atom stereocenters. The predicted molar refractivity (Wildman–Crippen MR) is 271 cm³/mol. The Kier molecular flexibility index (Phi) is 16.9. The number of fused-ring (bicyclic) bond motifs is 1. The number of likely N-dealkylation sites (tertiary alicyclic amines) is 1. The van der Waals surface area contributed by atoms with E-state index in [1.807, 2.05) is 109 Å². The molecule has 3 aromatic carbocycles. The molecule has 0 bridgehead atoms. The molecule has 14 heteroatoms. The SMILES string of the molecule is Cc1ncsc1-c1ccc(CNC(=O)[C@@H]2C[C@@H](O)CN2C(=O)[C@@H](NC(=O)CCCCCCCCOc2ccc3c(-c4ccc(C(=O)OC(C)(C)C)c(C5CCCC5)c4)ncnc3c2)C(C)(C)C)cc1. The summed E-state index contributed by atoms with van der Waals surface area (Å²) in [4.78, 5) is 70.1. The molecule has 1 saturated heterocycles. The van der Waals surface area contributed by atoms with Gasteiger partial charge in [0.15, 0.2) is 0 Å². The monoisotopic (exact) mass is 959 g/mol. The van der Waals surface area contributed by atoms with E-state index in [0.717, 1.165) is 113 Å². The largest absolute Gasteiger partial charge is 0.494 e. The van der Waals surface area contributed by atoms with Crippen LogP contribution in [0.1, 0.15) is 152 Å². The summed E-state index contributed by atoms with van der Waals surface area (Å²) in [6.45, 7) is 14.2. The molecule has 1 aliphatic carbocycles. The number of nitrogens with zero attached hydrogens (tertiary/aromatic N) is 4. The van der Waals surface area contributed by atoms with Crippen molar-refractivity contribution in [3.63, 3.8) is 0 Å². The highest BCUT2D eigenvalue weighted by Crippen LogP contribution is 2.39. The van der Waals surface area contributed by atoms with Crippen molar-refractivity contribution in [3.8, 4) is 27.4 Å². The van der Waals surface area contributed by atoms with Crippen molar-refractivity contribution in [2.45, 2.75) is 162 Å². The molecule has 69 heavy (non-hydrogen) atoms. The molecule has 1 aliphatic heterocycles. The van der Waals surface area contributed by atoms with E-state index < -0.39 is 29.2 Å². The Morgan fingerprint density at radius 2 is 1.57 bits per heavy atom. The number of esters is 1. The summed E-state index contributed by atoms with van der Waals surface area (Å²) in [6.07, 6.45) is 11.0. The van der Waals surface area contributed by atoms with Crippen LogP contribution in [0.5, 0.6) is 5.75 Å². The van der Waals surface area contributed by atoms with Gasteiger partial charge in [-0.05, 0) is 106 Å². The van der Waals surface area contributed by atoms with Crippen LogP contribution in [0.25, 0.3) is 32.6 Å². The second-order valence-electron chi connectivity index (χ2n) is 20.9. The van der Waals surface area contributed by atoms with Gasteiger partial charge in [0.05, 0.1) is 45.6 Å². The molecule has 2 aromatic heterocycles. The zero-order valence-corrected chi connectivity index (χ0v) is 42.3. The zero-order chi connectivity index (χ0) is 49.3. The third-order valence-electron chi connectivity index (χ3n) is 13.1. The van der Waals surface area contributed by atoms with E-state index in [-0.39, 0.29) is 43.2 Å². The fraction of sp³-hybridized carbons (Fsp3) is 0.509. The number of hydrogen-bond acceptors (Lipinski definition) is 11. The number of amides is 3. The standard InChI is InChI=1S/C55H70N6O7S/c1-35-49(69-34-59-35)38-21-19-36(20-22-38)31-56-51(64)46-29-40(62)32-61(46)52(65)50(54(2,3)4)60-47(63)18-12-10-8-9-11-15-27-67-41-24-26-43-45(30-41)57-33-58-48(43)39-23-25-42(53(66)68-55(5,6)7)44(28-39)37-16-13-14-17-37/h19-26,28,30,33-34,37,40,46,50,62H,8-18,27,29,31-32H2,1-7H3,(H,56,64)(H,60,63)/t40-,46+,50-/m1/s1. The van der Waals surface area contributed by atoms with Gasteiger partial charge in [-0.15, -0.1) is 11.3 Å². The Bertz CT molecular complexity index is 2580.